The van der Waals surface area contributed by atoms with Crippen LogP contribution in [0.5, 0.6) is 0 Å². The zero-order valence-electron chi connectivity index (χ0n) is 16.6. The second-order valence-electron chi connectivity index (χ2n) is 7.96. The average molecular weight is 412 g/mol. The predicted molar refractivity (Wildman–Crippen MR) is 127 cm³/mol. The molecule has 0 saturated carbocycles. The van der Waals surface area contributed by atoms with E-state index in [2.05, 4.69) is 53.4 Å². The van der Waals surface area contributed by atoms with Gasteiger partial charge in [-0.05, 0) is 31.4 Å². The van der Waals surface area contributed by atoms with Crippen molar-refractivity contribution < 1.29 is 4.42 Å². The number of rotatable bonds is 2. The number of hydrogen-bond donors (Lipinski definition) is 0. The fourth-order valence-electron chi connectivity index (χ4n) is 4.61. The summed E-state index contributed by atoms with van der Waals surface area (Å²) in [6, 6.07) is 22.5. The lowest BCUT2D eigenvalue weighted by Gasteiger charge is -2.27. The predicted octanol–water partition coefficient (Wildman–Crippen LogP) is 6.82. The van der Waals surface area contributed by atoms with Crippen molar-refractivity contribution in [3.05, 3.63) is 77.0 Å². The SMILES string of the molecule is O=c1cc(N2CCCCC2)oc2c(-c3cccc4c3sc3ccccc34)cccc12. The number of nitrogens with zero attached hydrogens (tertiary/aromatic N) is 1. The Morgan fingerprint density at radius 1 is 0.767 bits per heavy atom. The molecule has 3 aromatic carbocycles. The molecule has 0 radical (unpaired) electrons. The highest BCUT2D eigenvalue weighted by Gasteiger charge is 2.18. The molecule has 0 spiro atoms. The molecule has 0 atom stereocenters. The van der Waals surface area contributed by atoms with E-state index >= 15 is 0 Å². The van der Waals surface area contributed by atoms with E-state index in [1.165, 1.54) is 26.6 Å². The number of para-hydroxylation sites is 1. The maximum absolute atomic E-state index is 12.9. The molecule has 3 nitrogen and oxygen atoms in total. The van der Waals surface area contributed by atoms with Crippen LogP contribution in [0.25, 0.3) is 42.3 Å². The molecule has 4 heteroatoms. The lowest BCUT2D eigenvalue weighted by molar-refractivity contribution is 0.513. The van der Waals surface area contributed by atoms with Crippen LogP contribution in [0.15, 0.2) is 75.9 Å². The molecular weight excluding hydrogens is 390 g/mol. The molecule has 3 heterocycles. The fourth-order valence-corrected chi connectivity index (χ4v) is 5.84. The molecule has 0 N–H and O–H groups in total. The van der Waals surface area contributed by atoms with Gasteiger partial charge in [0.1, 0.15) is 5.58 Å². The molecule has 1 saturated heterocycles. The van der Waals surface area contributed by atoms with Crippen LogP contribution in [0.2, 0.25) is 0 Å². The van der Waals surface area contributed by atoms with E-state index in [0.29, 0.717) is 16.9 Å². The van der Waals surface area contributed by atoms with E-state index in [4.69, 9.17) is 4.42 Å². The van der Waals surface area contributed by atoms with Crippen LogP contribution >= 0.6 is 11.3 Å². The van der Waals surface area contributed by atoms with E-state index in [1.807, 2.05) is 12.1 Å². The lowest BCUT2D eigenvalue weighted by atomic mass is 10.0. The Bertz CT molecular complexity index is 1460. The number of benzene rings is 3. The minimum Gasteiger partial charge on any atom is -0.440 e. The van der Waals surface area contributed by atoms with Crippen molar-refractivity contribution >= 4 is 48.4 Å². The Morgan fingerprint density at radius 2 is 1.50 bits per heavy atom. The quantitative estimate of drug-likeness (QED) is 0.320. The molecular formula is C26H21NO2S. The third-order valence-corrected chi connectivity index (χ3v) is 7.32. The first kappa shape index (κ1) is 17.7. The summed E-state index contributed by atoms with van der Waals surface area (Å²) in [6.07, 6.45) is 3.53. The number of fused-ring (bicyclic) bond motifs is 4. The lowest BCUT2D eigenvalue weighted by Crippen LogP contribution is -2.30. The highest BCUT2D eigenvalue weighted by molar-refractivity contribution is 7.26. The second kappa shape index (κ2) is 6.99. The Morgan fingerprint density at radius 3 is 2.37 bits per heavy atom. The summed E-state index contributed by atoms with van der Waals surface area (Å²) in [5.41, 5.74) is 2.83. The third kappa shape index (κ3) is 2.75. The van der Waals surface area contributed by atoms with Crippen molar-refractivity contribution in [3.8, 4) is 11.1 Å². The number of hydrogen-bond acceptors (Lipinski definition) is 4. The molecule has 1 aliphatic heterocycles. The van der Waals surface area contributed by atoms with Crippen LogP contribution < -0.4 is 10.3 Å². The van der Waals surface area contributed by atoms with Gasteiger partial charge in [0, 0.05) is 50.5 Å². The number of thiophene rings is 1. The molecule has 2 aromatic heterocycles. The van der Waals surface area contributed by atoms with Crippen molar-refractivity contribution in [3.63, 3.8) is 0 Å². The van der Waals surface area contributed by atoms with Crippen molar-refractivity contribution in [1.29, 1.82) is 0 Å². The molecule has 0 bridgehead atoms. The van der Waals surface area contributed by atoms with Crippen LogP contribution in [0.3, 0.4) is 0 Å². The molecule has 30 heavy (non-hydrogen) atoms. The van der Waals surface area contributed by atoms with E-state index in [1.54, 1.807) is 17.4 Å². The summed E-state index contributed by atoms with van der Waals surface area (Å²) in [7, 11) is 0. The van der Waals surface area contributed by atoms with E-state index in [-0.39, 0.29) is 5.43 Å². The molecule has 5 aromatic rings. The van der Waals surface area contributed by atoms with Gasteiger partial charge in [-0.15, -0.1) is 11.3 Å². The van der Waals surface area contributed by atoms with Crippen LogP contribution in [0.1, 0.15) is 19.3 Å². The Labute approximate surface area is 178 Å². The van der Waals surface area contributed by atoms with E-state index in [9.17, 15) is 4.79 Å². The minimum atomic E-state index is 0.0298. The first-order chi connectivity index (χ1) is 14.8. The maximum Gasteiger partial charge on any atom is 0.200 e. The molecule has 1 aliphatic rings. The highest BCUT2D eigenvalue weighted by Crippen LogP contribution is 2.41. The maximum atomic E-state index is 12.9. The van der Waals surface area contributed by atoms with Gasteiger partial charge >= 0.3 is 0 Å². The molecule has 6 rings (SSSR count). The Balaban J connectivity index is 1.63. The van der Waals surface area contributed by atoms with Gasteiger partial charge in [0.25, 0.3) is 0 Å². The summed E-state index contributed by atoms with van der Waals surface area (Å²) in [5, 5.41) is 3.17. The van der Waals surface area contributed by atoms with Gasteiger partial charge < -0.3 is 9.32 Å². The Kier molecular flexibility index (Phi) is 4.13. The molecule has 1 fully saturated rings. The molecule has 0 unspecified atom stereocenters. The van der Waals surface area contributed by atoms with Crippen LogP contribution in [-0.4, -0.2) is 13.1 Å². The summed E-state index contributed by atoms with van der Waals surface area (Å²) < 4.78 is 8.93. The van der Waals surface area contributed by atoms with Gasteiger partial charge in [-0.25, -0.2) is 0 Å². The smallest absolute Gasteiger partial charge is 0.200 e. The van der Waals surface area contributed by atoms with Crippen LogP contribution in [-0.2, 0) is 0 Å². The van der Waals surface area contributed by atoms with E-state index in [0.717, 1.165) is 37.1 Å². The average Bonchev–Trinajstić information content (AvgIpc) is 3.18. The monoisotopic (exact) mass is 411 g/mol. The second-order valence-corrected chi connectivity index (χ2v) is 9.01. The number of anilines is 1. The van der Waals surface area contributed by atoms with Gasteiger partial charge in [0.2, 0.25) is 0 Å². The van der Waals surface area contributed by atoms with Crippen molar-refractivity contribution in [1.82, 2.24) is 0 Å². The summed E-state index contributed by atoms with van der Waals surface area (Å²) in [5.74, 6) is 0.697. The van der Waals surface area contributed by atoms with Crippen LogP contribution in [0.4, 0.5) is 5.88 Å². The first-order valence-electron chi connectivity index (χ1n) is 10.5. The zero-order valence-corrected chi connectivity index (χ0v) is 17.4. The highest BCUT2D eigenvalue weighted by atomic mass is 32.1. The zero-order chi connectivity index (χ0) is 20.1. The fraction of sp³-hybridized carbons (Fsp3) is 0.192. The molecule has 0 aliphatic carbocycles. The normalized spacial score (nSPS) is 14.7. The third-order valence-electron chi connectivity index (χ3n) is 6.10. The van der Waals surface area contributed by atoms with Crippen molar-refractivity contribution in [2.24, 2.45) is 0 Å². The topological polar surface area (TPSA) is 33.5 Å². The van der Waals surface area contributed by atoms with Crippen molar-refractivity contribution in [2.45, 2.75) is 19.3 Å². The summed E-state index contributed by atoms with van der Waals surface area (Å²) in [6.45, 7) is 1.89. The van der Waals surface area contributed by atoms with Gasteiger partial charge in [0.05, 0.1) is 5.39 Å². The van der Waals surface area contributed by atoms with Gasteiger partial charge in [-0.2, -0.15) is 0 Å². The standard InChI is InChI=1S/C26H21NO2S/c28-22-16-24(27-14-4-1-5-15-27)29-25-18(9-6-12-21(22)25)20-11-7-10-19-17-8-2-3-13-23(17)30-26(19)20/h2-3,6-13,16H,1,4-5,14-15H2. The minimum absolute atomic E-state index is 0.0298. The van der Waals surface area contributed by atoms with Crippen LogP contribution in [0, 0.1) is 0 Å². The van der Waals surface area contributed by atoms with E-state index < -0.39 is 0 Å². The number of piperidine rings is 1. The molecule has 148 valence electrons. The first-order valence-corrected chi connectivity index (χ1v) is 11.3. The molecule has 0 amide bonds. The van der Waals surface area contributed by atoms with Gasteiger partial charge in [0.15, 0.2) is 11.3 Å². The van der Waals surface area contributed by atoms with Crippen molar-refractivity contribution in [2.75, 3.05) is 18.0 Å². The van der Waals surface area contributed by atoms with Gasteiger partial charge in [-0.1, -0.05) is 48.5 Å². The largest absolute Gasteiger partial charge is 0.440 e. The summed E-state index contributed by atoms with van der Waals surface area (Å²) in [4.78, 5) is 15.2. The summed E-state index contributed by atoms with van der Waals surface area (Å²) >= 11 is 1.80. The van der Waals surface area contributed by atoms with Gasteiger partial charge in [-0.3, -0.25) is 4.79 Å². The Hall–Kier alpha value is -3.11.